The van der Waals surface area contributed by atoms with Gasteiger partial charge in [0, 0.05) is 30.9 Å². The molecule has 8 nitrogen and oxygen atoms in total. The summed E-state index contributed by atoms with van der Waals surface area (Å²) >= 11 is 0. The Hall–Kier alpha value is -2.16. The molecule has 0 amide bonds. The van der Waals surface area contributed by atoms with Crippen LogP contribution in [0, 0.1) is 13.8 Å². The third-order valence-electron chi connectivity index (χ3n) is 3.83. The minimum Gasteiger partial charge on any atom is -0.360 e. The summed E-state index contributed by atoms with van der Waals surface area (Å²) in [5.74, 6) is 2.70. The SMILES string of the molecule is Cc1cc(N(C)C2CCS(=O)(=O)C2)nc(Nc2cc(C)on2)n1. The van der Waals surface area contributed by atoms with Crippen LogP contribution in [0.4, 0.5) is 17.6 Å². The van der Waals surface area contributed by atoms with Crippen molar-refractivity contribution in [1.29, 1.82) is 0 Å². The molecule has 0 saturated carbocycles. The molecule has 1 fully saturated rings. The number of rotatable bonds is 4. The fourth-order valence-corrected chi connectivity index (χ4v) is 4.37. The Kier molecular flexibility index (Phi) is 3.97. The van der Waals surface area contributed by atoms with Crippen molar-refractivity contribution in [2.24, 2.45) is 0 Å². The van der Waals surface area contributed by atoms with Crippen LogP contribution in [0.2, 0.25) is 0 Å². The Balaban J connectivity index is 1.82. The highest BCUT2D eigenvalue weighted by molar-refractivity contribution is 7.91. The number of sulfone groups is 1. The van der Waals surface area contributed by atoms with Gasteiger partial charge in [-0.25, -0.2) is 13.4 Å². The van der Waals surface area contributed by atoms with Crippen molar-refractivity contribution < 1.29 is 12.9 Å². The Morgan fingerprint density at radius 3 is 2.70 bits per heavy atom. The molecule has 0 radical (unpaired) electrons. The first-order valence-electron chi connectivity index (χ1n) is 7.32. The van der Waals surface area contributed by atoms with Crippen LogP contribution in [0.25, 0.3) is 0 Å². The van der Waals surface area contributed by atoms with Crippen molar-refractivity contribution in [3.63, 3.8) is 0 Å². The van der Waals surface area contributed by atoms with Crippen LogP contribution >= 0.6 is 0 Å². The highest BCUT2D eigenvalue weighted by Gasteiger charge is 2.31. The van der Waals surface area contributed by atoms with Crippen LogP contribution in [0.3, 0.4) is 0 Å². The van der Waals surface area contributed by atoms with Gasteiger partial charge in [0.1, 0.15) is 11.6 Å². The molecule has 1 aliphatic heterocycles. The largest absolute Gasteiger partial charge is 0.360 e. The second-order valence-electron chi connectivity index (χ2n) is 5.81. The highest BCUT2D eigenvalue weighted by atomic mass is 32.2. The Morgan fingerprint density at radius 2 is 2.09 bits per heavy atom. The zero-order chi connectivity index (χ0) is 16.6. The molecular weight excluding hydrogens is 318 g/mol. The van der Waals surface area contributed by atoms with E-state index >= 15 is 0 Å². The van der Waals surface area contributed by atoms with Crippen LogP contribution in [-0.4, -0.2) is 48.1 Å². The first-order valence-corrected chi connectivity index (χ1v) is 9.14. The summed E-state index contributed by atoms with van der Waals surface area (Å²) in [6, 6.07) is 3.53. The summed E-state index contributed by atoms with van der Waals surface area (Å²) in [5, 5.41) is 6.85. The number of aryl methyl sites for hydroxylation is 2. The molecule has 2 aromatic rings. The molecule has 23 heavy (non-hydrogen) atoms. The topological polar surface area (TPSA) is 101 Å². The minimum absolute atomic E-state index is 0.0588. The van der Waals surface area contributed by atoms with Gasteiger partial charge in [-0.05, 0) is 20.3 Å². The van der Waals surface area contributed by atoms with E-state index in [9.17, 15) is 8.42 Å². The molecule has 3 rings (SSSR count). The monoisotopic (exact) mass is 337 g/mol. The van der Waals surface area contributed by atoms with E-state index in [4.69, 9.17) is 4.52 Å². The number of nitrogens with zero attached hydrogens (tertiary/aromatic N) is 4. The van der Waals surface area contributed by atoms with Crippen LogP contribution < -0.4 is 10.2 Å². The van der Waals surface area contributed by atoms with Crippen molar-refractivity contribution >= 4 is 27.4 Å². The second-order valence-corrected chi connectivity index (χ2v) is 8.04. The lowest BCUT2D eigenvalue weighted by Crippen LogP contribution is -2.33. The van der Waals surface area contributed by atoms with Gasteiger partial charge >= 0.3 is 0 Å². The summed E-state index contributed by atoms with van der Waals surface area (Å²) in [5.41, 5.74) is 0.783. The van der Waals surface area contributed by atoms with Crippen molar-refractivity contribution in [2.45, 2.75) is 26.3 Å². The molecule has 124 valence electrons. The van der Waals surface area contributed by atoms with Gasteiger partial charge in [-0.15, -0.1) is 0 Å². The van der Waals surface area contributed by atoms with E-state index in [-0.39, 0.29) is 17.5 Å². The standard InChI is InChI=1S/C14H19N5O3S/c1-9-6-13(19(3)11-4-5-23(20,21)8-11)17-14(15-9)16-12-7-10(2)22-18-12/h6-7,11H,4-5,8H2,1-3H3,(H,15,16,17,18). The summed E-state index contributed by atoms with van der Waals surface area (Å²) < 4.78 is 28.3. The molecule has 0 spiro atoms. The van der Waals surface area contributed by atoms with Crippen molar-refractivity contribution in [3.05, 3.63) is 23.6 Å². The predicted octanol–water partition coefficient (Wildman–Crippen LogP) is 1.45. The molecule has 2 aromatic heterocycles. The molecule has 0 aromatic carbocycles. The van der Waals surface area contributed by atoms with Crippen molar-refractivity contribution in [2.75, 3.05) is 28.8 Å². The van der Waals surface area contributed by atoms with Gasteiger partial charge in [-0.3, -0.25) is 0 Å². The molecule has 0 aliphatic carbocycles. The quantitative estimate of drug-likeness (QED) is 0.894. The summed E-state index contributed by atoms with van der Waals surface area (Å²) in [6.45, 7) is 3.67. The fourth-order valence-electron chi connectivity index (χ4n) is 2.60. The van der Waals surface area contributed by atoms with Crippen LogP contribution in [0.1, 0.15) is 17.9 Å². The van der Waals surface area contributed by atoms with E-state index in [1.165, 1.54) is 0 Å². The maximum absolute atomic E-state index is 11.7. The van der Waals surface area contributed by atoms with E-state index in [0.29, 0.717) is 29.8 Å². The Morgan fingerprint density at radius 1 is 1.30 bits per heavy atom. The molecule has 1 saturated heterocycles. The normalized spacial score (nSPS) is 19.7. The van der Waals surface area contributed by atoms with E-state index in [0.717, 1.165) is 5.69 Å². The van der Waals surface area contributed by atoms with Gasteiger partial charge in [0.05, 0.1) is 11.5 Å². The van der Waals surface area contributed by atoms with Crippen LogP contribution in [0.15, 0.2) is 16.7 Å². The molecule has 1 atom stereocenters. The zero-order valence-corrected chi connectivity index (χ0v) is 14.1. The first kappa shape index (κ1) is 15.7. The zero-order valence-electron chi connectivity index (χ0n) is 13.3. The third kappa shape index (κ3) is 3.61. The lowest BCUT2D eigenvalue weighted by molar-refractivity contribution is 0.400. The first-order chi connectivity index (χ1) is 10.8. The lowest BCUT2D eigenvalue weighted by Gasteiger charge is -2.25. The molecular formula is C14H19N5O3S. The molecule has 9 heteroatoms. The lowest BCUT2D eigenvalue weighted by atomic mass is 10.2. The number of hydrogen-bond donors (Lipinski definition) is 1. The molecule has 0 bridgehead atoms. The summed E-state index contributed by atoms with van der Waals surface area (Å²) in [6.07, 6.45) is 0.618. The van der Waals surface area contributed by atoms with Gasteiger partial charge in [0.2, 0.25) is 5.95 Å². The Bertz CT molecular complexity index is 818. The number of anilines is 3. The number of aromatic nitrogens is 3. The molecule has 1 unspecified atom stereocenters. The molecule has 3 heterocycles. The van der Waals surface area contributed by atoms with Crippen LogP contribution in [0.5, 0.6) is 0 Å². The molecule has 1 N–H and O–H groups in total. The van der Waals surface area contributed by atoms with Gasteiger partial charge in [0.25, 0.3) is 0 Å². The van der Waals surface area contributed by atoms with E-state index in [1.807, 2.05) is 24.9 Å². The van der Waals surface area contributed by atoms with E-state index in [2.05, 4.69) is 20.4 Å². The average molecular weight is 337 g/mol. The highest BCUT2D eigenvalue weighted by Crippen LogP contribution is 2.23. The maximum Gasteiger partial charge on any atom is 0.230 e. The molecule has 1 aliphatic rings. The van der Waals surface area contributed by atoms with Crippen LogP contribution in [-0.2, 0) is 9.84 Å². The van der Waals surface area contributed by atoms with Gasteiger partial charge in [0.15, 0.2) is 15.7 Å². The number of hydrogen-bond acceptors (Lipinski definition) is 8. The minimum atomic E-state index is -2.94. The predicted molar refractivity (Wildman–Crippen MR) is 86.8 cm³/mol. The van der Waals surface area contributed by atoms with E-state index in [1.54, 1.807) is 13.0 Å². The third-order valence-corrected chi connectivity index (χ3v) is 5.58. The van der Waals surface area contributed by atoms with Gasteiger partial charge in [-0.1, -0.05) is 5.16 Å². The van der Waals surface area contributed by atoms with Crippen molar-refractivity contribution in [1.82, 2.24) is 15.1 Å². The van der Waals surface area contributed by atoms with Crippen molar-refractivity contribution in [3.8, 4) is 0 Å². The summed E-state index contributed by atoms with van der Waals surface area (Å²) in [7, 11) is -1.08. The smallest absolute Gasteiger partial charge is 0.230 e. The van der Waals surface area contributed by atoms with Gasteiger partial charge < -0.3 is 14.7 Å². The number of nitrogens with one attached hydrogen (secondary N) is 1. The van der Waals surface area contributed by atoms with Gasteiger partial charge in [-0.2, -0.15) is 4.98 Å². The Labute approximate surface area is 134 Å². The maximum atomic E-state index is 11.7. The average Bonchev–Trinajstić information content (AvgIpc) is 3.03. The fraction of sp³-hybridized carbons (Fsp3) is 0.500. The summed E-state index contributed by atoms with van der Waals surface area (Å²) in [4.78, 5) is 10.7. The second kappa shape index (κ2) is 5.80. The van der Waals surface area contributed by atoms with E-state index < -0.39 is 9.84 Å².